The summed E-state index contributed by atoms with van der Waals surface area (Å²) in [6.07, 6.45) is 1.99. The number of hydrogen-bond donors (Lipinski definition) is 2. The van der Waals surface area contributed by atoms with Crippen LogP contribution in [0.25, 0.3) is 0 Å². The van der Waals surface area contributed by atoms with Crippen LogP contribution in [0.5, 0.6) is 0 Å². The molecular weight excluding hydrogens is 272 g/mol. The molecule has 0 saturated carbocycles. The van der Waals surface area contributed by atoms with Gasteiger partial charge in [0.2, 0.25) is 0 Å². The Labute approximate surface area is 125 Å². The van der Waals surface area contributed by atoms with E-state index < -0.39 is 0 Å². The summed E-state index contributed by atoms with van der Waals surface area (Å²) >= 11 is 1.88. The van der Waals surface area contributed by atoms with E-state index in [1.165, 1.54) is 0 Å². The second kappa shape index (κ2) is 9.58. The molecule has 0 aliphatic rings. The monoisotopic (exact) mass is 296 g/mol. The highest BCUT2D eigenvalue weighted by atomic mass is 32.2. The molecule has 0 aromatic carbocycles. The molecule has 1 rings (SSSR count). The highest BCUT2D eigenvalue weighted by Gasteiger charge is 2.11. The number of nitrogens with one attached hydrogen (secondary N) is 2. The van der Waals surface area contributed by atoms with Crippen molar-refractivity contribution in [3.63, 3.8) is 0 Å². The standard InChI is InChI=1S/C14H24N4OS/c1-4-9-15-13-7-6-12(17-18-13)14(19)16-11(3)8-10-20-5-2/h6-7,11H,4-5,8-10H2,1-3H3,(H,15,18)(H,16,19). The number of anilines is 1. The van der Waals surface area contributed by atoms with Gasteiger partial charge in [0, 0.05) is 12.6 Å². The maximum absolute atomic E-state index is 12.0. The Morgan fingerprint density at radius 1 is 1.35 bits per heavy atom. The number of carbonyl (C=O) groups excluding carboxylic acids is 1. The summed E-state index contributed by atoms with van der Waals surface area (Å²) in [7, 11) is 0. The fourth-order valence-corrected chi connectivity index (χ4v) is 2.38. The molecule has 0 radical (unpaired) electrons. The lowest BCUT2D eigenvalue weighted by molar-refractivity contribution is 0.0933. The molecule has 1 unspecified atom stereocenters. The molecule has 112 valence electrons. The summed E-state index contributed by atoms with van der Waals surface area (Å²) in [4.78, 5) is 12.0. The normalized spacial score (nSPS) is 11.9. The van der Waals surface area contributed by atoms with Gasteiger partial charge >= 0.3 is 0 Å². The Balaban J connectivity index is 2.42. The zero-order valence-electron chi connectivity index (χ0n) is 12.5. The van der Waals surface area contributed by atoms with E-state index in [0.717, 1.165) is 30.9 Å². The Morgan fingerprint density at radius 2 is 2.15 bits per heavy atom. The van der Waals surface area contributed by atoms with Crippen LogP contribution in [-0.2, 0) is 0 Å². The third kappa shape index (κ3) is 6.23. The summed E-state index contributed by atoms with van der Waals surface area (Å²) < 4.78 is 0. The number of carbonyl (C=O) groups is 1. The molecule has 20 heavy (non-hydrogen) atoms. The van der Waals surface area contributed by atoms with Crippen LogP contribution in [0, 0.1) is 0 Å². The zero-order chi connectivity index (χ0) is 14.8. The molecule has 6 heteroatoms. The van der Waals surface area contributed by atoms with Gasteiger partial charge in [-0.2, -0.15) is 11.8 Å². The zero-order valence-corrected chi connectivity index (χ0v) is 13.3. The first-order valence-corrected chi connectivity index (χ1v) is 8.29. The van der Waals surface area contributed by atoms with E-state index >= 15 is 0 Å². The first-order chi connectivity index (χ1) is 9.67. The quantitative estimate of drug-likeness (QED) is 0.686. The van der Waals surface area contributed by atoms with Crippen LogP contribution >= 0.6 is 11.8 Å². The van der Waals surface area contributed by atoms with E-state index in [9.17, 15) is 4.79 Å². The van der Waals surface area contributed by atoms with Gasteiger partial charge in [-0.1, -0.05) is 13.8 Å². The lowest BCUT2D eigenvalue weighted by Gasteiger charge is -2.13. The maximum Gasteiger partial charge on any atom is 0.272 e. The smallest absolute Gasteiger partial charge is 0.272 e. The average Bonchev–Trinajstić information content (AvgIpc) is 2.46. The van der Waals surface area contributed by atoms with Gasteiger partial charge in [-0.15, -0.1) is 10.2 Å². The van der Waals surface area contributed by atoms with Crippen LogP contribution in [-0.4, -0.2) is 40.2 Å². The van der Waals surface area contributed by atoms with Crippen molar-refractivity contribution < 1.29 is 4.79 Å². The van der Waals surface area contributed by atoms with Gasteiger partial charge in [-0.05, 0) is 43.4 Å². The Hall–Kier alpha value is -1.30. The van der Waals surface area contributed by atoms with Crippen LogP contribution < -0.4 is 10.6 Å². The van der Waals surface area contributed by atoms with Crippen molar-refractivity contribution in [2.24, 2.45) is 0 Å². The summed E-state index contributed by atoms with van der Waals surface area (Å²) in [6.45, 7) is 7.09. The molecular formula is C14H24N4OS. The van der Waals surface area contributed by atoms with Gasteiger partial charge in [0.05, 0.1) is 0 Å². The van der Waals surface area contributed by atoms with Crippen LogP contribution in [0.15, 0.2) is 12.1 Å². The molecule has 1 atom stereocenters. The second-order valence-corrected chi connectivity index (χ2v) is 5.98. The van der Waals surface area contributed by atoms with E-state index in [1.54, 1.807) is 12.1 Å². The SMILES string of the molecule is CCCNc1ccc(C(=O)NC(C)CCSCC)nn1. The van der Waals surface area contributed by atoms with Gasteiger partial charge in [0.25, 0.3) is 5.91 Å². The second-order valence-electron chi connectivity index (χ2n) is 4.59. The van der Waals surface area contributed by atoms with E-state index in [-0.39, 0.29) is 11.9 Å². The average molecular weight is 296 g/mol. The van der Waals surface area contributed by atoms with E-state index in [2.05, 4.69) is 34.7 Å². The Kier molecular flexibility index (Phi) is 8.02. The highest BCUT2D eigenvalue weighted by Crippen LogP contribution is 2.05. The molecule has 0 aliphatic heterocycles. The Bertz CT molecular complexity index is 397. The van der Waals surface area contributed by atoms with Crippen molar-refractivity contribution in [2.75, 3.05) is 23.4 Å². The van der Waals surface area contributed by atoms with Crippen LogP contribution in [0.2, 0.25) is 0 Å². The number of amides is 1. The van der Waals surface area contributed by atoms with Gasteiger partial charge in [-0.3, -0.25) is 4.79 Å². The molecule has 0 fully saturated rings. The van der Waals surface area contributed by atoms with Crippen LogP contribution in [0.3, 0.4) is 0 Å². The number of rotatable bonds is 9. The minimum Gasteiger partial charge on any atom is -0.369 e. The van der Waals surface area contributed by atoms with Gasteiger partial charge in [-0.25, -0.2) is 0 Å². The van der Waals surface area contributed by atoms with Gasteiger partial charge in [0.1, 0.15) is 5.82 Å². The third-order valence-electron chi connectivity index (χ3n) is 2.73. The van der Waals surface area contributed by atoms with Crippen molar-refractivity contribution in [1.82, 2.24) is 15.5 Å². The van der Waals surface area contributed by atoms with E-state index in [1.807, 2.05) is 18.7 Å². The van der Waals surface area contributed by atoms with Crippen LogP contribution in [0.1, 0.15) is 44.1 Å². The fourth-order valence-electron chi connectivity index (χ4n) is 1.58. The summed E-state index contributed by atoms with van der Waals surface area (Å²) in [5, 5.41) is 14.0. The van der Waals surface area contributed by atoms with Crippen molar-refractivity contribution in [2.45, 2.75) is 39.7 Å². The summed E-state index contributed by atoms with van der Waals surface area (Å²) in [5.74, 6) is 2.71. The molecule has 1 aromatic heterocycles. The van der Waals surface area contributed by atoms with Gasteiger partial charge < -0.3 is 10.6 Å². The predicted molar refractivity (Wildman–Crippen MR) is 85.4 cm³/mol. The van der Waals surface area contributed by atoms with E-state index in [0.29, 0.717) is 11.5 Å². The van der Waals surface area contributed by atoms with Crippen molar-refractivity contribution in [1.29, 1.82) is 0 Å². The molecule has 2 N–H and O–H groups in total. The van der Waals surface area contributed by atoms with E-state index in [4.69, 9.17) is 0 Å². The molecule has 0 spiro atoms. The summed E-state index contributed by atoms with van der Waals surface area (Å²) in [6, 6.07) is 3.64. The molecule has 1 amide bonds. The largest absolute Gasteiger partial charge is 0.369 e. The number of hydrogen-bond acceptors (Lipinski definition) is 5. The van der Waals surface area contributed by atoms with Crippen molar-refractivity contribution >= 4 is 23.5 Å². The lowest BCUT2D eigenvalue weighted by atomic mass is 10.2. The number of nitrogens with zero attached hydrogens (tertiary/aromatic N) is 2. The predicted octanol–water partition coefficient (Wildman–Crippen LogP) is 2.56. The molecule has 1 heterocycles. The molecule has 5 nitrogen and oxygen atoms in total. The topological polar surface area (TPSA) is 66.9 Å². The highest BCUT2D eigenvalue weighted by molar-refractivity contribution is 7.99. The first kappa shape index (κ1) is 16.8. The third-order valence-corrected chi connectivity index (χ3v) is 3.66. The summed E-state index contributed by atoms with van der Waals surface area (Å²) in [5.41, 5.74) is 0.363. The minimum absolute atomic E-state index is 0.154. The molecule has 0 saturated heterocycles. The first-order valence-electron chi connectivity index (χ1n) is 7.13. The molecule has 0 bridgehead atoms. The Morgan fingerprint density at radius 3 is 2.75 bits per heavy atom. The number of thioether (sulfide) groups is 1. The molecule has 0 aliphatic carbocycles. The van der Waals surface area contributed by atoms with Crippen molar-refractivity contribution in [3.05, 3.63) is 17.8 Å². The van der Waals surface area contributed by atoms with Crippen molar-refractivity contribution in [3.8, 4) is 0 Å². The minimum atomic E-state index is -0.159. The maximum atomic E-state index is 12.0. The van der Waals surface area contributed by atoms with Gasteiger partial charge in [0.15, 0.2) is 5.69 Å². The fraction of sp³-hybridized carbons (Fsp3) is 0.643. The lowest BCUT2D eigenvalue weighted by Crippen LogP contribution is -2.33. The molecule has 1 aromatic rings. The van der Waals surface area contributed by atoms with Crippen LogP contribution in [0.4, 0.5) is 5.82 Å². The number of aromatic nitrogens is 2.